The Hall–Kier alpha value is -4.39. The molecular weight excluding hydrogens is 533 g/mol. The first kappa shape index (κ1) is 23.2. The van der Waals surface area contributed by atoms with E-state index < -0.39 is 14.9 Å². The van der Waals surface area contributed by atoms with Gasteiger partial charge in [-0.1, -0.05) is 78.1 Å². The summed E-state index contributed by atoms with van der Waals surface area (Å²) in [7, 11) is -2.23. The van der Waals surface area contributed by atoms with Gasteiger partial charge in [-0.15, -0.1) is 4.94 Å². The van der Waals surface area contributed by atoms with Crippen LogP contribution in [0, 0.1) is 6.85 Å². The number of benzene rings is 4. The lowest BCUT2D eigenvalue weighted by Gasteiger charge is -2.32. The largest absolute Gasteiger partial charge is 0.294 e. The second-order valence-electron chi connectivity index (χ2n) is 12.5. The van der Waals surface area contributed by atoms with E-state index in [1.54, 1.807) is 18.3 Å². The topological polar surface area (TPSA) is 33.5 Å². The van der Waals surface area contributed by atoms with Crippen LogP contribution in [0.1, 0.15) is 30.4 Å². The first-order chi connectivity index (χ1) is 21.3. The van der Waals surface area contributed by atoms with Crippen LogP contribution in [-0.4, -0.2) is 23.2 Å². The van der Waals surface area contributed by atoms with Gasteiger partial charge in [0.15, 0.2) is 0 Å². The summed E-state index contributed by atoms with van der Waals surface area (Å²) >= 11 is 0. The van der Waals surface area contributed by atoms with Crippen LogP contribution in [0.2, 0.25) is 13.1 Å². The van der Waals surface area contributed by atoms with Gasteiger partial charge < -0.3 is 0 Å². The van der Waals surface area contributed by atoms with Crippen molar-refractivity contribution < 1.29 is 9.05 Å². The monoisotopic (exact) mass is 571 g/mol. The number of fused-ring (bicyclic) bond motifs is 4. The molecule has 210 valence electrons. The summed E-state index contributed by atoms with van der Waals surface area (Å²) in [5.41, 5.74) is 5.10. The van der Waals surface area contributed by atoms with Crippen molar-refractivity contribution in [2.75, 3.05) is 10.1 Å². The summed E-state index contributed by atoms with van der Waals surface area (Å²) in [4.78, 5) is 11.1. The fraction of sp³-hybridized carbons (Fsp3) is 0.194. The highest BCUT2D eigenvalue weighted by Crippen LogP contribution is 2.44. The van der Waals surface area contributed by atoms with E-state index >= 15 is 0 Å². The number of aromatic nitrogens is 2. The van der Waals surface area contributed by atoms with Crippen molar-refractivity contribution in [2.45, 2.75) is 46.3 Å². The van der Waals surface area contributed by atoms with Crippen molar-refractivity contribution in [3.8, 4) is 5.82 Å². The van der Waals surface area contributed by atoms with Crippen molar-refractivity contribution >= 4 is 57.3 Å². The molecule has 0 atom stereocenters. The summed E-state index contributed by atoms with van der Waals surface area (Å²) in [5.74, 6) is 0.599. The SMILES string of the molecule is [2H]C([2H])([2H])c1ccnc(-n2c3ccccc3c3ccc([Si](C)(C)c4cccc(N5ON(C(C)(C)C)c6ccccc65)c4)cc32)c1. The normalized spacial score (nSPS) is 15.1. The number of pyridine rings is 1. The maximum absolute atomic E-state index is 7.98. The summed E-state index contributed by atoms with van der Waals surface area (Å²) < 4.78 is 26.0. The third kappa shape index (κ3) is 4.21. The third-order valence-electron chi connectivity index (χ3n) is 8.26. The number of aryl methyl sites for hydroxylation is 1. The maximum atomic E-state index is 7.98. The highest BCUT2D eigenvalue weighted by molar-refractivity contribution is 7.00. The first-order valence-corrected chi connectivity index (χ1v) is 17.3. The Morgan fingerprint density at radius 2 is 1.48 bits per heavy atom. The van der Waals surface area contributed by atoms with E-state index in [0.717, 1.165) is 38.9 Å². The van der Waals surface area contributed by atoms with E-state index in [-0.39, 0.29) is 11.1 Å². The molecule has 4 aromatic carbocycles. The second kappa shape index (κ2) is 9.58. The molecule has 0 saturated heterocycles. The molecule has 0 bridgehead atoms. The Labute approximate surface area is 252 Å². The third-order valence-corrected chi connectivity index (χ3v) is 11.8. The minimum Gasteiger partial charge on any atom is -0.294 e. The minimum absolute atomic E-state index is 0.220. The molecule has 0 amide bonds. The lowest BCUT2D eigenvalue weighted by Crippen LogP contribution is -2.53. The summed E-state index contributed by atoms with van der Waals surface area (Å²) in [6, 6.07) is 35.2. The predicted molar refractivity (Wildman–Crippen MR) is 178 cm³/mol. The smallest absolute Gasteiger partial charge is 0.137 e. The van der Waals surface area contributed by atoms with Gasteiger partial charge in [0.2, 0.25) is 0 Å². The van der Waals surface area contributed by atoms with Gasteiger partial charge >= 0.3 is 0 Å². The molecule has 2 aromatic heterocycles. The van der Waals surface area contributed by atoms with Crippen molar-refractivity contribution in [1.82, 2.24) is 9.55 Å². The number of para-hydroxylation sites is 3. The van der Waals surface area contributed by atoms with Crippen molar-refractivity contribution in [3.05, 3.63) is 115 Å². The molecule has 0 unspecified atom stereocenters. The average Bonchev–Trinajstić information content (AvgIpc) is 3.57. The standard InChI is InChI=1S/C36H36N4OSi/c1-25-20-21-37-35(22-25)38-31-15-8-7-14-29(31)30-19-18-28(24-34(30)38)42(5,6)27-13-11-12-26(23-27)39-32-16-9-10-17-33(32)40(41-39)36(2,3)4/h7-24H,1-6H3/i1D3. The summed E-state index contributed by atoms with van der Waals surface area (Å²) in [6.07, 6.45) is 1.59. The van der Waals surface area contributed by atoms with Gasteiger partial charge in [-0.2, -0.15) is 5.06 Å². The number of hydroxylamine groups is 1. The zero-order valence-corrected chi connectivity index (χ0v) is 25.6. The Morgan fingerprint density at radius 1 is 0.738 bits per heavy atom. The van der Waals surface area contributed by atoms with Crippen LogP contribution < -0.4 is 20.5 Å². The molecule has 3 heterocycles. The van der Waals surface area contributed by atoms with Crippen LogP contribution in [0.3, 0.4) is 0 Å². The van der Waals surface area contributed by atoms with Crippen LogP contribution in [0.15, 0.2) is 109 Å². The summed E-state index contributed by atoms with van der Waals surface area (Å²) in [6.45, 7) is 8.95. The zero-order chi connectivity index (χ0) is 31.7. The van der Waals surface area contributed by atoms with E-state index in [1.165, 1.54) is 10.4 Å². The molecule has 6 heteroatoms. The molecule has 1 aliphatic heterocycles. The molecule has 7 rings (SSSR count). The van der Waals surface area contributed by atoms with E-state index in [4.69, 9.17) is 9.05 Å². The van der Waals surface area contributed by atoms with Gasteiger partial charge in [-0.25, -0.2) is 10.0 Å². The molecular formula is C36H36N4OSi. The highest BCUT2D eigenvalue weighted by Gasteiger charge is 2.36. The minimum atomic E-state index is -2.23. The van der Waals surface area contributed by atoms with Gasteiger partial charge in [-0.3, -0.25) is 4.57 Å². The van der Waals surface area contributed by atoms with Gasteiger partial charge in [0.25, 0.3) is 0 Å². The fourth-order valence-corrected chi connectivity index (χ4v) is 8.33. The van der Waals surface area contributed by atoms with Crippen LogP contribution >= 0.6 is 0 Å². The molecule has 42 heavy (non-hydrogen) atoms. The van der Waals surface area contributed by atoms with E-state index in [0.29, 0.717) is 5.82 Å². The molecule has 5 nitrogen and oxygen atoms in total. The molecule has 0 spiro atoms. The lowest BCUT2D eigenvalue weighted by molar-refractivity contribution is 0.0843. The highest BCUT2D eigenvalue weighted by atomic mass is 28.3. The van der Waals surface area contributed by atoms with Gasteiger partial charge in [0.05, 0.1) is 33.6 Å². The van der Waals surface area contributed by atoms with E-state index in [9.17, 15) is 0 Å². The Balaban J connectivity index is 1.34. The number of hydrogen-bond acceptors (Lipinski definition) is 4. The second-order valence-corrected chi connectivity index (χ2v) is 16.9. The molecule has 1 aliphatic rings. The van der Waals surface area contributed by atoms with Crippen LogP contribution in [0.5, 0.6) is 0 Å². The lowest BCUT2D eigenvalue weighted by atomic mass is 10.1. The van der Waals surface area contributed by atoms with Crippen LogP contribution in [0.4, 0.5) is 17.1 Å². The van der Waals surface area contributed by atoms with E-state index in [1.807, 2.05) is 34.4 Å². The maximum Gasteiger partial charge on any atom is 0.137 e. The van der Waals surface area contributed by atoms with Crippen molar-refractivity contribution in [2.24, 2.45) is 0 Å². The number of hydrogen-bond donors (Lipinski definition) is 0. The molecule has 0 aliphatic carbocycles. The fourth-order valence-electron chi connectivity index (χ4n) is 5.98. The van der Waals surface area contributed by atoms with Crippen molar-refractivity contribution in [1.29, 1.82) is 0 Å². The zero-order valence-electron chi connectivity index (χ0n) is 27.6. The Bertz CT molecular complexity index is 2080. The van der Waals surface area contributed by atoms with Gasteiger partial charge in [0.1, 0.15) is 13.9 Å². The summed E-state index contributed by atoms with van der Waals surface area (Å²) in [5, 5.41) is 8.66. The number of rotatable bonds is 4. The quantitative estimate of drug-likeness (QED) is 0.201. The van der Waals surface area contributed by atoms with Crippen LogP contribution in [-0.2, 0) is 4.94 Å². The first-order valence-electron chi connectivity index (χ1n) is 15.8. The number of anilines is 3. The Morgan fingerprint density at radius 3 is 2.29 bits per heavy atom. The number of nitrogens with zero attached hydrogens (tertiary/aromatic N) is 4. The average molecular weight is 572 g/mol. The van der Waals surface area contributed by atoms with Crippen LogP contribution in [0.25, 0.3) is 27.6 Å². The van der Waals surface area contributed by atoms with Gasteiger partial charge in [-0.05, 0) is 81.7 Å². The molecule has 0 fully saturated rings. The Kier molecular flexibility index (Phi) is 5.29. The predicted octanol–water partition coefficient (Wildman–Crippen LogP) is 7.91. The molecule has 6 aromatic rings. The van der Waals surface area contributed by atoms with E-state index in [2.05, 4.69) is 110 Å². The van der Waals surface area contributed by atoms with Gasteiger partial charge in [0, 0.05) is 21.1 Å². The van der Waals surface area contributed by atoms with Crippen molar-refractivity contribution in [3.63, 3.8) is 0 Å². The molecule has 0 radical (unpaired) electrons. The molecule has 0 saturated carbocycles. The molecule has 0 N–H and O–H groups in total.